The Hall–Kier alpha value is -3.15. The molecule has 0 saturated heterocycles. The van der Waals surface area contributed by atoms with Crippen LogP contribution in [-0.2, 0) is 19.7 Å². The van der Waals surface area contributed by atoms with Gasteiger partial charge < -0.3 is 10.1 Å². The summed E-state index contributed by atoms with van der Waals surface area (Å²) < 4.78 is 7.50. The highest BCUT2D eigenvalue weighted by Crippen LogP contribution is 2.16. The van der Waals surface area contributed by atoms with E-state index in [0.717, 1.165) is 16.9 Å². The minimum atomic E-state index is 0.551. The molecule has 6 nitrogen and oxygen atoms in total. The predicted octanol–water partition coefficient (Wildman–Crippen LogP) is 3.05. The zero-order valence-electron chi connectivity index (χ0n) is 13.3. The summed E-state index contributed by atoms with van der Waals surface area (Å²) in [7, 11) is 0. The Kier molecular flexibility index (Phi) is 5.19. The molecule has 0 amide bonds. The number of ether oxygens (including phenoxy) is 1. The van der Waals surface area contributed by atoms with Gasteiger partial charge in [0, 0.05) is 6.54 Å². The van der Waals surface area contributed by atoms with Gasteiger partial charge in [-0.25, -0.2) is 4.68 Å². The van der Waals surface area contributed by atoms with Gasteiger partial charge in [0.2, 0.25) is 5.95 Å². The van der Waals surface area contributed by atoms with E-state index in [1.807, 2.05) is 54.6 Å². The van der Waals surface area contributed by atoms with E-state index in [2.05, 4.69) is 27.4 Å². The normalized spacial score (nSPS) is 10.3. The zero-order chi connectivity index (χ0) is 16.6. The lowest BCUT2D eigenvalue weighted by molar-refractivity contribution is 0.306. The number of anilines is 1. The highest BCUT2D eigenvalue weighted by atomic mass is 16.5. The van der Waals surface area contributed by atoms with Crippen molar-refractivity contribution in [3.05, 3.63) is 78.4 Å². The summed E-state index contributed by atoms with van der Waals surface area (Å²) in [5.74, 6) is 1.45. The zero-order valence-corrected chi connectivity index (χ0v) is 13.3. The number of hydrogen-bond acceptors (Lipinski definition) is 5. The fourth-order valence-electron chi connectivity index (χ4n) is 2.24. The minimum Gasteiger partial charge on any atom is -0.489 e. The molecule has 0 radical (unpaired) electrons. The molecule has 3 aromatic rings. The van der Waals surface area contributed by atoms with Gasteiger partial charge >= 0.3 is 0 Å². The van der Waals surface area contributed by atoms with E-state index in [4.69, 9.17) is 4.74 Å². The summed E-state index contributed by atoms with van der Waals surface area (Å²) in [5.41, 5.74) is 2.23. The first-order chi connectivity index (χ1) is 11.8. The summed E-state index contributed by atoms with van der Waals surface area (Å²) in [6.45, 7) is 5.42. The Morgan fingerprint density at radius 2 is 1.92 bits per heavy atom. The largest absolute Gasteiger partial charge is 0.489 e. The molecular formula is C18H19N5O. The number of nitrogens with one attached hydrogen (secondary N) is 1. The molecule has 1 N–H and O–H groups in total. The van der Waals surface area contributed by atoms with Gasteiger partial charge in [-0.1, -0.05) is 53.6 Å². The van der Waals surface area contributed by atoms with Gasteiger partial charge in [0.05, 0.1) is 6.54 Å². The molecule has 0 bridgehead atoms. The molecule has 0 aliphatic heterocycles. The molecule has 2 aromatic carbocycles. The van der Waals surface area contributed by atoms with E-state index in [1.54, 1.807) is 10.8 Å². The van der Waals surface area contributed by atoms with Gasteiger partial charge in [-0.2, -0.15) is 0 Å². The van der Waals surface area contributed by atoms with Gasteiger partial charge in [-0.3, -0.25) is 0 Å². The van der Waals surface area contributed by atoms with E-state index in [1.165, 1.54) is 0 Å². The maximum Gasteiger partial charge on any atom is 0.243 e. The van der Waals surface area contributed by atoms with Crippen LogP contribution >= 0.6 is 0 Å². The fraction of sp³-hybridized carbons (Fsp3) is 0.167. The van der Waals surface area contributed by atoms with Crippen LogP contribution in [0.15, 0.2) is 67.3 Å². The minimum absolute atomic E-state index is 0.551. The number of hydrogen-bond donors (Lipinski definition) is 1. The number of rotatable bonds is 8. The third-order valence-electron chi connectivity index (χ3n) is 3.43. The number of aromatic nitrogens is 4. The molecule has 1 heterocycles. The molecule has 0 saturated carbocycles. The number of allylic oxidation sites excluding steroid dienone is 1. The summed E-state index contributed by atoms with van der Waals surface area (Å²) in [6.07, 6.45) is 1.75. The second-order valence-corrected chi connectivity index (χ2v) is 5.25. The lowest BCUT2D eigenvalue weighted by Crippen LogP contribution is -2.08. The molecular weight excluding hydrogens is 302 g/mol. The summed E-state index contributed by atoms with van der Waals surface area (Å²) in [4.78, 5) is 0. The third-order valence-corrected chi connectivity index (χ3v) is 3.43. The first kappa shape index (κ1) is 15.7. The van der Waals surface area contributed by atoms with Gasteiger partial charge in [-0.15, -0.1) is 6.58 Å². The van der Waals surface area contributed by atoms with E-state index < -0.39 is 0 Å². The van der Waals surface area contributed by atoms with Crippen LogP contribution in [-0.4, -0.2) is 20.2 Å². The van der Waals surface area contributed by atoms with Crippen molar-refractivity contribution in [1.82, 2.24) is 20.2 Å². The van der Waals surface area contributed by atoms with E-state index in [-0.39, 0.29) is 0 Å². The summed E-state index contributed by atoms with van der Waals surface area (Å²) in [5, 5.41) is 14.7. The molecule has 1 aromatic heterocycles. The molecule has 0 atom stereocenters. The standard InChI is InChI=1S/C18H19N5O/c1-2-11-23-18(20-21-22-23)19-13-16-9-6-10-17(12-16)24-14-15-7-4-3-5-8-15/h2-10,12H,1,11,13-14H2,(H,19,20,22). The van der Waals surface area contributed by atoms with Crippen molar-refractivity contribution >= 4 is 5.95 Å². The van der Waals surface area contributed by atoms with Crippen molar-refractivity contribution < 1.29 is 4.74 Å². The Bertz CT molecular complexity index is 785. The average Bonchev–Trinajstić information content (AvgIpc) is 3.07. The van der Waals surface area contributed by atoms with Gasteiger partial charge in [0.15, 0.2) is 0 Å². The monoisotopic (exact) mass is 321 g/mol. The molecule has 24 heavy (non-hydrogen) atoms. The maximum absolute atomic E-state index is 5.85. The van der Waals surface area contributed by atoms with E-state index in [0.29, 0.717) is 25.6 Å². The van der Waals surface area contributed by atoms with Crippen molar-refractivity contribution in [3.63, 3.8) is 0 Å². The van der Waals surface area contributed by atoms with Crippen molar-refractivity contribution in [1.29, 1.82) is 0 Å². The highest BCUT2D eigenvalue weighted by molar-refractivity contribution is 5.32. The molecule has 3 rings (SSSR count). The van der Waals surface area contributed by atoms with Gasteiger partial charge in [0.25, 0.3) is 0 Å². The lowest BCUT2D eigenvalue weighted by atomic mass is 10.2. The van der Waals surface area contributed by atoms with Crippen molar-refractivity contribution in [2.24, 2.45) is 0 Å². The SMILES string of the molecule is C=CCn1nnnc1NCc1cccc(OCc2ccccc2)c1. The van der Waals surface area contributed by atoms with Crippen LogP contribution in [0.25, 0.3) is 0 Å². The van der Waals surface area contributed by atoms with Crippen LogP contribution in [0.3, 0.4) is 0 Å². The molecule has 6 heteroatoms. The number of benzene rings is 2. The predicted molar refractivity (Wildman–Crippen MR) is 92.6 cm³/mol. The number of nitrogens with zero attached hydrogens (tertiary/aromatic N) is 4. The first-order valence-electron chi connectivity index (χ1n) is 7.72. The Labute approximate surface area is 140 Å². The van der Waals surface area contributed by atoms with Crippen LogP contribution in [0, 0.1) is 0 Å². The van der Waals surface area contributed by atoms with Crippen LogP contribution in [0.2, 0.25) is 0 Å². The lowest BCUT2D eigenvalue weighted by Gasteiger charge is -2.09. The Balaban J connectivity index is 1.58. The topological polar surface area (TPSA) is 64.9 Å². The second kappa shape index (κ2) is 7.92. The maximum atomic E-state index is 5.85. The average molecular weight is 321 g/mol. The van der Waals surface area contributed by atoms with E-state index >= 15 is 0 Å². The van der Waals surface area contributed by atoms with Crippen LogP contribution in [0.5, 0.6) is 5.75 Å². The van der Waals surface area contributed by atoms with Crippen LogP contribution < -0.4 is 10.1 Å². The van der Waals surface area contributed by atoms with Crippen LogP contribution in [0.1, 0.15) is 11.1 Å². The van der Waals surface area contributed by atoms with E-state index in [9.17, 15) is 0 Å². The summed E-state index contributed by atoms with van der Waals surface area (Å²) in [6, 6.07) is 18.1. The Morgan fingerprint density at radius 3 is 2.75 bits per heavy atom. The second-order valence-electron chi connectivity index (χ2n) is 5.25. The Morgan fingerprint density at radius 1 is 1.08 bits per heavy atom. The third kappa shape index (κ3) is 4.19. The molecule has 0 aliphatic rings. The molecule has 122 valence electrons. The van der Waals surface area contributed by atoms with Crippen molar-refractivity contribution in [3.8, 4) is 5.75 Å². The first-order valence-corrected chi connectivity index (χ1v) is 7.72. The molecule has 0 fully saturated rings. The summed E-state index contributed by atoms with van der Waals surface area (Å²) >= 11 is 0. The molecule has 0 spiro atoms. The quantitative estimate of drug-likeness (QED) is 0.646. The van der Waals surface area contributed by atoms with Gasteiger partial charge in [0.1, 0.15) is 12.4 Å². The smallest absolute Gasteiger partial charge is 0.243 e. The van der Waals surface area contributed by atoms with Crippen LogP contribution in [0.4, 0.5) is 5.95 Å². The van der Waals surface area contributed by atoms with Crippen molar-refractivity contribution in [2.45, 2.75) is 19.7 Å². The molecule has 0 unspecified atom stereocenters. The number of tetrazole rings is 1. The van der Waals surface area contributed by atoms with Gasteiger partial charge in [-0.05, 0) is 33.7 Å². The molecule has 0 aliphatic carbocycles. The fourth-order valence-corrected chi connectivity index (χ4v) is 2.24. The highest BCUT2D eigenvalue weighted by Gasteiger charge is 2.04. The van der Waals surface area contributed by atoms with Crippen molar-refractivity contribution in [2.75, 3.05) is 5.32 Å².